The Bertz CT molecular complexity index is 869. The molecule has 0 spiro atoms. The first-order chi connectivity index (χ1) is 13.4. The normalized spacial score (nSPS) is 27.1. The van der Waals surface area contributed by atoms with Gasteiger partial charge in [-0.05, 0) is 48.2 Å². The van der Waals surface area contributed by atoms with Crippen molar-refractivity contribution in [1.29, 1.82) is 0 Å². The van der Waals surface area contributed by atoms with E-state index in [1.54, 1.807) is 19.1 Å². The largest absolute Gasteiger partial charge is 0.394 e. The molecule has 0 aliphatic carbocycles. The molecule has 4 N–H and O–H groups in total. The van der Waals surface area contributed by atoms with Crippen LogP contribution in [0.15, 0.2) is 42.5 Å². The van der Waals surface area contributed by atoms with Crippen LogP contribution in [0.4, 0.5) is 0 Å². The molecule has 1 aliphatic heterocycles. The average Bonchev–Trinajstić information content (AvgIpc) is 2.70. The van der Waals surface area contributed by atoms with Crippen LogP contribution in [-0.2, 0) is 11.2 Å². The smallest absolute Gasteiger partial charge is 0.113 e. The standard InChI is InChI=1S/C22H23ClO5/c1-2-3-13-4-6-14(7-5-13)10-16-11-15(8-9-17(16)23)22-21(27)20(26)19(25)18(12-24)28-22/h4-9,11,18-22,24-27H,10,12H2,1H3/t18?,19-,20?,21-,22+/m1/s1. The summed E-state index contributed by atoms with van der Waals surface area (Å²) >= 11 is 6.36. The third kappa shape index (κ3) is 4.39. The minimum absolute atomic E-state index is 0.463. The van der Waals surface area contributed by atoms with Crippen molar-refractivity contribution >= 4 is 11.6 Å². The SMILES string of the molecule is CC#Cc1ccc(Cc2cc([C@@H]3OC(CO)[C@@H](O)C(O)[C@H]3O)ccc2Cl)cc1. The molecule has 3 rings (SSSR count). The second-order valence-corrected chi connectivity index (χ2v) is 7.26. The maximum atomic E-state index is 10.3. The molecule has 0 amide bonds. The van der Waals surface area contributed by atoms with Gasteiger partial charge in [0.2, 0.25) is 0 Å². The van der Waals surface area contributed by atoms with Crippen LogP contribution in [0.5, 0.6) is 0 Å². The summed E-state index contributed by atoms with van der Waals surface area (Å²) in [6, 6.07) is 13.1. The Hall–Kier alpha value is -1.91. The number of rotatable bonds is 4. The number of aliphatic hydroxyl groups excluding tert-OH is 4. The first-order valence-electron chi connectivity index (χ1n) is 9.05. The number of hydrogen-bond donors (Lipinski definition) is 4. The highest BCUT2D eigenvalue weighted by Crippen LogP contribution is 2.34. The number of ether oxygens (including phenoxy) is 1. The molecule has 0 saturated carbocycles. The van der Waals surface area contributed by atoms with Crippen LogP contribution < -0.4 is 0 Å². The summed E-state index contributed by atoms with van der Waals surface area (Å²) in [7, 11) is 0. The Morgan fingerprint density at radius 3 is 2.36 bits per heavy atom. The fourth-order valence-corrected chi connectivity index (χ4v) is 3.54. The average molecular weight is 403 g/mol. The molecule has 1 heterocycles. The van der Waals surface area contributed by atoms with E-state index in [1.165, 1.54) is 0 Å². The zero-order valence-electron chi connectivity index (χ0n) is 15.4. The second kappa shape index (κ2) is 9.06. The van der Waals surface area contributed by atoms with E-state index in [4.69, 9.17) is 16.3 Å². The van der Waals surface area contributed by atoms with Gasteiger partial charge in [-0.1, -0.05) is 41.8 Å². The van der Waals surface area contributed by atoms with Gasteiger partial charge in [-0.3, -0.25) is 0 Å². The monoisotopic (exact) mass is 402 g/mol. The Balaban J connectivity index is 1.85. The van der Waals surface area contributed by atoms with Crippen molar-refractivity contribution in [3.63, 3.8) is 0 Å². The van der Waals surface area contributed by atoms with E-state index in [-0.39, 0.29) is 0 Å². The Morgan fingerprint density at radius 2 is 1.71 bits per heavy atom. The molecule has 0 bridgehead atoms. The first kappa shape index (κ1) is 20.8. The van der Waals surface area contributed by atoms with Crippen molar-refractivity contribution in [2.24, 2.45) is 0 Å². The molecule has 1 saturated heterocycles. The molecule has 1 fully saturated rings. The second-order valence-electron chi connectivity index (χ2n) is 6.85. The highest BCUT2D eigenvalue weighted by molar-refractivity contribution is 6.31. The van der Waals surface area contributed by atoms with E-state index in [0.29, 0.717) is 17.0 Å². The molecule has 1 aliphatic rings. The summed E-state index contributed by atoms with van der Waals surface area (Å²) in [6.07, 6.45) is -5.37. The molecule has 2 aromatic carbocycles. The predicted molar refractivity (Wildman–Crippen MR) is 106 cm³/mol. The number of benzene rings is 2. The number of hydrogen-bond acceptors (Lipinski definition) is 5. The van der Waals surface area contributed by atoms with Gasteiger partial charge in [-0.25, -0.2) is 0 Å². The molecule has 5 atom stereocenters. The molecular weight excluding hydrogens is 380 g/mol. The molecule has 148 valence electrons. The molecule has 2 unspecified atom stereocenters. The highest BCUT2D eigenvalue weighted by atomic mass is 35.5. The highest BCUT2D eigenvalue weighted by Gasteiger charge is 2.43. The number of halogens is 1. The lowest BCUT2D eigenvalue weighted by molar-refractivity contribution is -0.231. The van der Waals surface area contributed by atoms with E-state index in [9.17, 15) is 20.4 Å². The fourth-order valence-electron chi connectivity index (χ4n) is 3.35. The lowest BCUT2D eigenvalue weighted by Crippen LogP contribution is -2.55. The van der Waals surface area contributed by atoms with Gasteiger partial charge in [0.05, 0.1) is 6.61 Å². The van der Waals surface area contributed by atoms with E-state index in [2.05, 4.69) is 11.8 Å². The fraction of sp³-hybridized carbons (Fsp3) is 0.364. The van der Waals surface area contributed by atoms with Crippen molar-refractivity contribution in [3.05, 3.63) is 69.7 Å². The minimum Gasteiger partial charge on any atom is -0.394 e. The Morgan fingerprint density at radius 1 is 1.00 bits per heavy atom. The topological polar surface area (TPSA) is 90.2 Å². The zero-order valence-corrected chi connectivity index (χ0v) is 16.2. The van der Waals surface area contributed by atoms with Gasteiger partial charge in [0, 0.05) is 10.6 Å². The first-order valence-corrected chi connectivity index (χ1v) is 9.43. The minimum atomic E-state index is -1.41. The summed E-state index contributed by atoms with van der Waals surface area (Å²) in [4.78, 5) is 0. The lowest BCUT2D eigenvalue weighted by atomic mass is 9.90. The Labute approximate surface area is 169 Å². The summed E-state index contributed by atoms with van der Waals surface area (Å²) in [5.74, 6) is 5.86. The van der Waals surface area contributed by atoms with Gasteiger partial charge < -0.3 is 25.2 Å². The van der Waals surface area contributed by atoms with E-state index >= 15 is 0 Å². The van der Waals surface area contributed by atoms with Crippen LogP contribution in [0, 0.1) is 11.8 Å². The van der Waals surface area contributed by atoms with Crippen LogP contribution in [0.1, 0.15) is 35.3 Å². The molecule has 28 heavy (non-hydrogen) atoms. The maximum Gasteiger partial charge on any atom is 0.113 e. The zero-order chi connectivity index (χ0) is 20.3. The third-order valence-corrected chi connectivity index (χ3v) is 5.28. The Kier molecular flexibility index (Phi) is 6.73. The van der Waals surface area contributed by atoms with Crippen molar-refractivity contribution in [1.82, 2.24) is 0 Å². The van der Waals surface area contributed by atoms with Gasteiger partial charge in [0.1, 0.15) is 30.5 Å². The molecule has 0 radical (unpaired) electrons. The molecule has 6 heteroatoms. The van der Waals surface area contributed by atoms with Crippen LogP contribution >= 0.6 is 11.6 Å². The van der Waals surface area contributed by atoms with Crippen molar-refractivity contribution in [2.75, 3.05) is 6.61 Å². The molecule has 2 aromatic rings. The van der Waals surface area contributed by atoms with Crippen LogP contribution in [-0.4, -0.2) is 51.4 Å². The van der Waals surface area contributed by atoms with Gasteiger partial charge in [-0.15, -0.1) is 5.92 Å². The van der Waals surface area contributed by atoms with Gasteiger partial charge in [0.15, 0.2) is 0 Å². The van der Waals surface area contributed by atoms with Crippen molar-refractivity contribution < 1.29 is 25.2 Å². The number of aliphatic hydroxyl groups is 4. The van der Waals surface area contributed by atoms with E-state index in [0.717, 1.165) is 16.7 Å². The summed E-state index contributed by atoms with van der Waals surface area (Å²) in [5.41, 5.74) is 3.44. The maximum absolute atomic E-state index is 10.3. The van der Waals surface area contributed by atoms with Crippen LogP contribution in [0.25, 0.3) is 0 Å². The quantitative estimate of drug-likeness (QED) is 0.586. The summed E-state index contributed by atoms with van der Waals surface area (Å²) in [6.45, 7) is 1.33. The van der Waals surface area contributed by atoms with Crippen LogP contribution in [0.2, 0.25) is 5.02 Å². The predicted octanol–water partition coefficient (Wildman–Crippen LogP) is 1.82. The van der Waals surface area contributed by atoms with Gasteiger partial charge >= 0.3 is 0 Å². The van der Waals surface area contributed by atoms with Crippen LogP contribution in [0.3, 0.4) is 0 Å². The van der Waals surface area contributed by atoms with E-state index in [1.807, 2.05) is 30.3 Å². The molecule has 0 aromatic heterocycles. The van der Waals surface area contributed by atoms with Gasteiger partial charge in [0.25, 0.3) is 0 Å². The third-order valence-electron chi connectivity index (χ3n) is 4.91. The summed E-state index contributed by atoms with van der Waals surface area (Å²) < 4.78 is 5.64. The molecule has 5 nitrogen and oxygen atoms in total. The van der Waals surface area contributed by atoms with Crippen molar-refractivity contribution in [2.45, 2.75) is 43.9 Å². The summed E-state index contributed by atoms with van der Waals surface area (Å²) in [5, 5.41) is 40.3. The lowest BCUT2D eigenvalue weighted by Gasteiger charge is -2.40. The molecular formula is C22H23ClO5. The van der Waals surface area contributed by atoms with Gasteiger partial charge in [-0.2, -0.15) is 0 Å². The van der Waals surface area contributed by atoms with Crippen molar-refractivity contribution in [3.8, 4) is 11.8 Å². The van der Waals surface area contributed by atoms with E-state index < -0.39 is 37.1 Å².